The van der Waals surface area contributed by atoms with Crippen LogP contribution in [0.1, 0.15) is 26.7 Å². The molecule has 4 heteroatoms. The van der Waals surface area contributed by atoms with Crippen molar-refractivity contribution < 1.29 is 9.90 Å². The SMILES string of the molecule is C=CCN(CCO)C(=O)C(C)(C)C1CCCNC1. The first-order valence-electron chi connectivity index (χ1n) is 6.76. The number of carbonyl (C=O) groups excluding carboxylic acids is 1. The molecule has 0 radical (unpaired) electrons. The number of rotatable bonds is 6. The van der Waals surface area contributed by atoms with Crippen molar-refractivity contribution in [2.75, 3.05) is 32.8 Å². The molecule has 0 saturated carbocycles. The summed E-state index contributed by atoms with van der Waals surface area (Å²) in [5, 5.41) is 12.4. The molecule has 0 aromatic rings. The van der Waals surface area contributed by atoms with Gasteiger partial charge in [-0.15, -0.1) is 6.58 Å². The first kappa shape index (κ1) is 15.2. The van der Waals surface area contributed by atoms with Gasteiger partial charge in [-0.3, -0.25) is 4.79 Å². The fraction of sp³-hybridized carbons (Fsp3) is 0.786. The molecule has 0 spiro atoms. The van der Waals surface area contributed by atoms with Crippen LogP contribution >= 0.6 is 0 Å². The lowest BCUT2D eigenvalue weighted by atomic mass is 9.74. The van der Waals surface area contributed by atoms with E-state index in [0.29, 0.717) is 19.0 Å². The topological polar surface area (TPSA) is 52.6 Å². The second-order valence-electron chi connectivity index (χ2n) is 5.53. The van der Waals surface area contributed by atoms with Crippen LogP contribution < -0.4 is 5.32 Å². The molecule has 18 heavy (non-hydrogen) atoms. The van der Waals surface area contributed by atoms with E-state index < -0.39 is 0 Å². The van der Waals surface area contributed by atoms with Crippen molar-refractivity contribution in [2.24, 2.45) is 11.3 Å². The maximum absolute atomic E-state index is 12.6. The van der Waals surface area contributed by atoms with Crippen LogP contribution in [-0.4, -0.2) is 48.7 Å². The summed E-state index contributed by atoms with van der Waals surface area (Å²) in [6.45, 7) is 10.5. The Balaban J connectivity index is 2.73. The Kier molecular flexibility index (Phi) is 5.82. The van der Waals surface area contributed by atoms with Crippen LogP contribution in [0, 0.1) is 11.3 Å². The van der Waals surface area contributed by atoms with Crippen LogP contribution in [-0.2, 0) is 4.79 Å². The lowest BCUT2D eigenvalue weighted by Crippen LogP contribution is -2.49. The van der Waals surface area contributed by atoms with Crippen molar-refractivity contribution >= 4 is 5.91 Å². The van der Waals surface area contributed by atoms with Crippen molar-refractivity contribution in [3.8, 4) is 0 Å². The maximum Gasteiger partial charge on any atom is 0.228 e. The fourth-order valence-corrected chi connectivity index (χ4v) is 2.60. The molecule has 1 unspecified atom stereocenters. The minimum Gasteiger partial charge on any atom is -0.395 e. The Morgan fingerprint density at radius 3 is 2.83 bits per heavy atom. The second kappa shape index (κ2) is 6.90. The molecule has 1 fully saturated rings. The van der Waals surface area contributed by atoms with Crippen molar-refractivity contribution in [2.45, 2.75) is 26.7 Å². The number of carbonyl (C=O) groups is 1. The van der Waals surface area contributed by atoms with E-state index in [9.17, 15) is 4.79 Å². The average molecular weight is 254 g/mol. The van der Waals surface area contributed by atoms with E-state index >= 15 is 0 Å². The summed E-state index contributed by atoms with van der Waals surface area (Å²) >= 11 is 0. The third-order valence-electron chi connectivity index (χ3n) is 3.88. The zero-order valence-corrected chi connectivity index (χ0v) is 11.6. The van der Waals surface area contributed by atoms with E-state index in [1.54, 1.807) is 11.0 Å². The van der Waals surface area contributed by atoms with Crippen LogP contribution in [0.3, 0.4) is 0 Å². The highest BCUT2D eigenvalue weighted by Crippen LogP contribution is 2.33. The molecular formula is C14H26N2O2. The molecule has 1 heterocycles. The summed E-state index contributed by atoms with van der Waals surface area (Å²) in [6, 6.07) is 0. The number of hydrogen-bond acceptors (Lipinski definition) is 3. The molecule has 1 saturated heterocycles. The third kappa shape index (κ3) is 3.56. The number of nitrogens with one attached hydrogen (secondary N) is 1. The summed E-state index contributed by atoms with van der Waals surface area (Å²) < 4.78 is 0. The van der Waals surface area contributed by atoms with Gasteiger partial charge in [-0.2, -0.15) is 0 Å². The molecule has 0 aliphatic carbocycles. The van der Waals surface area contributed by atoms with Crippen molar-refractivity contribution in [1.82, 2.24) is 10.2 Å². The number of aliphatic hydroxyl groups is 1. The summed E-state index contributed by atoms with van der Waals surface area (Å²) in [5.41, 5.74) is -0.383. The molecule has 1 rings (SSSR count). The summed E-state index contributed by atoms with van der Waals surface area (Å²) in [4.78, 5) is 14.3. The van der Waals surface area contributed by atoms with E-state index in [4.69, 9.17) is 5.11 Å². The minimum atomic E-state index is -0.383. The van der Waals surface area contributed by atoms with Gasteiger partial charge in [0.25, 0.3) is 0 Å². The standard InChI is InChI=1S/C14H26N2O2/c1-4-8-16(9-10-17)13(18)14(2,3)12-6-5-7-15-11-12/h4,12,15,17H,1,5-11H2,2-3H3. The zero-order chi connectivity index (χ0) is 13.6. The van der Waals surface area contributed by atoms with Gasteiger partial charge in [-0.1, -0.05) is 19.9 Å². The monoisotopic (exact) mass is 254 g/mol. The summed E-state index contributed by atoms with van der Waals surface area (Å²) in [6.07, 6.45) is 3.93. The Bertz CT molecular complexity index is 284. The van der Waals surface area contributed by atoms with E-state index in [-0.39, 0.29) is 17.9 Å². The number of aliphatic hydroxyl groups excluding tert-OH is 1. The number of amides is 1. The molecule has 1 atom stereocenters. The van der Waals surface area contributed by atoms with Gasteiger partial charge in [-0.05, 0) is 31.8 Å². The van der Waals surface area contributed by atoms with Crippen molar-refractivity contribution in [3.05, 3.63) is 12.7 Å². The first-order valence-corrected chi connectivity index (χ1v) is 6.76. The van der Waals surface area contributed by atoms with Gasteiger partial charge in [-0.25, -0.2) is 0 Å². The highest BCUT2D eigenvalue weighted by molar-refractivity contribution is 5.82. The zero-order valence-electron chi connectivity index (χ0n) is 11.6. The molecule has 2 N–H and O–H groups in total. The quantitative estimate of drug-likeness (QED) is 0.696. The molecule has 0 bridgehead atoms. The summed E-state index contributed by atoms with van der Waals surface area (Å²) in [5.74, 6) is 0.481. The molecule has 0 aromatic heterocycles. The molecule has 1 aliphatic heterocycles. The van der Waals surface area contributed by atoms with Crippen LogP contribution in [0.25, 0.3) is 0 Å². The van der Waals surface area contributed by atoms with Gasteiger partial charge < -0.3 is 15.3 Å². The smallest absolute Gasteiger partial charge is 0.228 e. The predicted molar refractivity (Wildman–Crippen MR) is 73.2 cm³/mol. The Morgan fingerprint density at radius 2 is 2.33 bits per heavy atom. The average Bonchev–Trinajstić information content (AvgIpc) is 2.38. The van der Waals surface area contributed by atoms with Gasteiger partial charge in [0.05, 0.1) is 6.61 Å². The fourth-order valence-electron chi connectivity index (χ4n) is 2.60. The molecule has 0 aromatic carbocycles. The van der Waals surface area contributed by atoms with Gasteiger partial charge in [0, 0.05) is 18.5 Å². The van der Waals surface area contributed by atoms with Gasteiger partial charge >= 0.3 is 0 Å². The number of piperidine rings is 1. The maximum atomic E-state index is 12.6. The highest BCUT2D eigenvalue weighted by atomic mass is 16.3. The van der Waals surface area contributed by atoms with Crippen LogP contribution in [0.15, 0.2) is 12.7 Å². The van der Waals surface area contributed by atoms with Crippen LogP contribution in [0.4, 0.5) is 0 Å². The number of hydrogen-bond donors (Lipinski definition) is 2. The molecule has 4 nitrogen and oxygen atoms in total. The molecule has 1 amide bonds. The highest BCUT2D eigenvalue weighted by Gasteiger charge is 2.39. The van der Waals surface area contributed by atoms with Gasteiger partial charge in [0.1, 0.15) is 0 Å². The normalized spacial score (nSPS) is 20.5. The van der Waals surface area contributed by atoms with E-state index in [2.05, 4.69) is 11.9 Å². The predicted octanol–water partition coefficient (Wildman–Crippen LogP) is 1.02. The Morgan fingerprint density at radius 1 is 1.61 bits per heavy atom. The largest absolute Gasteiger partial charge is 0.395 e. The minimum absolute atomic E-state index is 0.00141. The lowest BCUT2D eigenvalue weighted by molar-refractivity contribution is -0.143. The molecule has 104 valence electrons. The van der Waals surface area contributed by atoms with Crippen LogP contribution in [0.2, 0.25) is 0 Å². The Hall–Kier alpha value is -0.870. The van der Waals surface area contributed by atoms with E-state index in [0.717, 1.165) is 25.9 Å². The number of nitrogens with zero attached hydrogens (tertiary/aromatic N) is 1. The first-order chi connectivity index (χ1) is 8.54. The third-order valence-corrected chi connectivity index (χ3v) is 3.88. The summed E-state index contributed by atoms with van der Waals surface area (Å²) in [7, 11) is 0. The van der Waals surface area contributed by atoms with Crippen molar-refractivity contribution in [3.63, 3.8) is 0 Å². The van der Waals surface area contributed by atoms with Crippen molar-refractivity contribution in [1.29, 1.82) is 0 Å². The Labute approximate surface area is 110 Å². The van der Waals surface area contributed by atoms with E-state index in [1.807, 2.05) is 13.8 Å². The lowest BCUT2D eigenvalue weighted by Gasteiger charge is -2.39. The molecule has 1 aliphatic rings. The van der Waals surface area contributed by atoms with E-state index in [1.165, 1.54) is 0 Å². The second-order valence-corrected chi connectivity index (χ2v) is 5.53. The van der Waals surface area contributed by atoms with Crippen LogP contribution in [0.5, 0.6) is 0 Å². The molecular weight excluding hydrogens is 228 g/mol. The van der Waals surface area contributed by atoms with Gasteiger partial charge in [0.2, 0.25) is 5.91 Å². The van der Waals surface area contributed by atoms with Gasteiger partial charge in [0.15, 0.2) is 0 Å².